The maximum absolute atomic E-state index is 2.47. The van der Waals surface area contributed by atoms with Crippen LogP contribution in [-0.2, 0) is 18.3 Å². The van der Waals surface area contributed by atoms with Crippen molar-refractivity contribution in [3.8, 4) is 11.1 Å². The van der Waals surface area contributed by atoms with Crippen molar-refractivity contribution in [1.29, 1.82) is 0 Å². The fourth-order valence-electron chi connectivity index (χ4n) is 5.84. The van der Waals surface area contributed by atoms with Crippen molar-refractivity contribution in [2.45, 2.75) is 58.8 Å². The Morgan fingerprint density at radius 2 is 1.00 bits per heavy atom. The molecule has 4 aromatic rings. The van der Waals surface area contributed by atoms with Gasteiger partial charge in [0.2, 0.25) is 0 Å². The maximum Gasteiger partial charge on any atom is 0.0713 e. The molecule has 0 bridgehead atoms. The summed E-state index contributed by atoms with van der Waals surface area (Å²) in [5.74, 6) is 0. The molecule has 1 aliphatic rings. The highest BCUT2D eigenvalue weighted by Crippen LogP contribution is 2.56. The van der Waals surface area contributed by atoms with E-state index in [2.05, 4.69) is 113 Å². The summed E-state index contributed by atoms with van der Waals surface area (Å²) in [6, 6.07) is 32.8. The molecule has 0 saturated heterocycles. The highest BCUT2D eigenvalue weighted by atomic mass is 14.5. The van der Waals surface area contributed by atoms with Crippen LogP contribution in [0.15, 0.2) is 84.9 Å². The maximum atomic E-state index is 2.47. The minimum absolute atomic E-state index is 0.295. The Labute approximate surface area is 199 Å². The van der Waals surface area contributed by atoms with E-state index in [4.69, 9.17) is 0 Å². The lowest BCUT2D eigenvalue weighted by atomic mass is 9.66. The second-order valence-electron chi connectivity index (χ2n) is 9.75. The van der Waals surface area contributed by atoms with E-state index < -0.39 is 0 Å². The first-order valence-electron chi connectivity index (χ1n) is 12.5. The van der Waals surface area contributed by atoms with Crippen LogP contribution in [0.1, 0.15) is 71.2 Å². The molecule has 0 atom stereocenters. The summed E-state index contributed by atoms with van der Waals surface area (Å²) in [6.07, 6.45) is 4.55. The van der Waals surface area contributed by atoms with Crippen molar-refractivity contribution in [1.82, 2.24) is 0 Å². The molecule has 0 aromatic heterocycles. The molecule has 4 aromatic carbocycles. The van der Waals surface area contributed by atoms with Crippen LogP contribution < -0.4 is 0 Å². The van der Waals surface area contributed by atoms with Crippen LogP contribution in [0.3, 0.4) is 0 Å². The Bertz CT molecular complexity index is 1200. The summed E-state index contributed by atoms with van der Waals surface area (Å²) in [6.45, 7) is 8.98. The van der Waals surface area contributed by atoms with Gasteiger partial charge in [-0.3, -0.25) is 0 Å². The average molecular weight is 431 g/mol. The lowest BCUT2D eigenvalue weighted by Gasteiger charge is -2.35. The molecule has 0 unspecified atom stereocenters. The van der Waals surface area contributed by atoms with Gasteiger partial charge in [-0.15, -0.1) is 0 Å². The molecule has 0 N–H and O–H groups in total. The molecule has 0 aliphatic heterocycles. The van der Waals surface area contributed by atoms with Crippen LogP contribution in [-0.4, -0.2) is 0 Å². The minimum atomic E-state index is -0.295. The second-order valence-corrected chi connectivity index (χ2v) is 9.75. The van der Waals surface area contributed by atoms with Crippen molar-refractivity contribution in [3.05, 3.63) is 129 Å². The topological polar surface area (TPSA) is 0 Å². The Kier molecular flexibility index (Phi) is 5.71. The second kappa shape index (κ2) is 8.67. The summed E-state index contributed by atoms with van der Waals surface area (Å²) >= 11 is 0. The molecule has 166 valence electrons. The molecule has 0 saturated carbocycles. The van der Waals surface area contributed by atoms with Gasteiger partial charge in [0.05, 0.1) is 5.41 Å². The molecule has 0 amide bonds. The number of fused-ring (bicyclic) bond motifs is 3. The summed E-state index contributed by atoms with van der Waals surface area (Å²) in [4.78, 5) is 0. The van der Waals surface area contributed by atoms with E-state index in [1.807, 2.05) is 0 Å². The minimum Gasteiger partial charge on any atom is -0.0651 e. The van der Waals surface area contributed by atoms with Gasteiger partial charge in [-0.1, -0.05) is 123 Å². The van der Waals surface area contributed by atoms with Crippen LogP contribution in [0, 0.1) is 13.8 Å². The molecular formula is C33H34. The average Bonchev–Trinajstić information content (AvgIpc) is 3.09. The summed E-state index contributed by atoms with van der Waals surface area (Å²) in [7, 11) is 0. The standard InChI is InChI=1S/C33H34/c1-5-9-25-11-7-13-27(21-25)33(28-14-8-12-26(22-28)10-6-2)31-19-23(3)15-17-29(31)30-18-16-24(4)20-32(30)33/h7-8,11-22H,5-6,9-10H2,1-4H3. The highest BCUT2D eigenvalue weighted by molar-refractivity contribution is 5.86. The van der Waals surface area contributed by atoms with Crippen LogP contribution in [0.25, 0.3) is 11.1 Å². The Hall–Kier alpha value is -3.12. The number of rotatable bonds is 6. The third kappa shape index (κ3) is 3.53. The molecule has 0 nitrogen and oxygen atoms in total. The predicted molar refractivity (Wildman–Crippen MR) is 141 cm³/mol. The molecule has 0 radical (unpaired) electrons. The van der Waals surface area contributed by atoms with E-state index in [-0.39, 0.29) is 5.41 Å². The van der Waals surface area contributed by atoms with Crippen LogP contribution in [0.5, 0.6) is 0 Å². The SMILES string of the molecule is CCCc1cccc(C2(c3cccc(CCC)c3)c3cc(C)ccc3-c3ccc(C)cc32)c1. The largest absolute Gasteiger partial charge is 0.0713 e. The summed E-state index contributed by atoms with van der Waals surface area (Å²) < 4.78 is 0. The molecule has 0 heterocycles. The summed E-state index contributed by atoms with van der Waals surface area (Å²) in [5, 5.41) is 0. The third-order valence-electron chi connectivity index (χ3n) is 7.25. The van der Waals surface area contributed by atoms with Crippen LogP contribution in [0.4, 0.5) is 0 Å². The van der Waals surface area contributed by atoms with Gasteiger partial charge in [0.1, 0.15) is 0 Å². The van der Waals surface area contributed by atoms with Crippen molar-refractivity contribution in [2.75, 3.05) is 0 Å². The van der Waals surface area contributed by atoms with E-state index in [0.29, 0.717) is 0 Å². The van der Waals surface area contributed by atoms with E-state index in [1.165, 1.54) is 55.6 Å². The predicted octanol–water partition coefficient (Wildman–Crippen LogP) is 8.57. The van der Waals surface area contributed by atoms with Gasteiger partial charge in [0.15, 0.2) is 0 Å². The zero-order valence-electron chi connectivity index (χ0n) is 20.4. The zero-order chi connectivity index (χ0) is 23.0. The Morgan fingerprint density at radius 1 is 0.545 bits per heavy atom. The normalized spacial score (nSPS) is 13.6. The molecule has 0 heteroatoms. The smallest absolute Gasteiger partial charge is 0.0651 e. The fraction of sp³-hybridized carbons (Fsp3) is 0.273. The van der Waals surface area contributed by atoms with E-state index in [0.717, 1.165) is 25.7 Å². The zero-order valence-corrected chi connectivity index (χ0v) is 20.4. The Morgan fingerprint density at radius 3 is 1.42 bits per heavy atom. The van der Waals surface area contributed by atoms with Crippen molar-refractivity contribution in [3.63, 3.8) is 0 Å². The number of hydrogen-bond donors (Lipinski definition) is 0. The molecule has 5 rings (SSSR count). The van der Waals surface area contributed by atoms with Gasteiger partial charge in [0.25, 0.3) is 0 Å². The van der Waals surface area contributed by atoms with Crippen LogP contribution in [0.2, 0.25) is 0 Å². The molecule has 1 aliphatic carbocycles. The van der Waals surface area contributed by atoms with Gasteiger partial charge >= 0.3 is 0 Å². The lowest BCUT2D eigenvalue weighted by Crippen LogP contribution is -2.29. The molecular weight excluding hydrogens is 396 g/mol. The highest BCUT2D eigenvalue weighted by Gasteiger charge is 2.46. The van der Waals surface area contributed by atoms with Crippen LogP contribution >= 0.6 is 0 Å². The van der Waals surface area contributed by atoms with Crippen molar-refractivity contribution in [2.24, 2.45) is 0 Å². The van der Waals surface area contributed by atoms with Gasteiger partial charge < -0.3 is 0 Å². The van der Waals surface area contributed by atoms with Gasteiger partial charge in [-0.2, -0.15) is 0 Å². The van der Waals surface area contributed by atoms with Gasteiger partial charge in [0, 0.05) is 0 Å². The molecule has 0 fully saturated rings. The molecule has 33 heavy (non-hydrogen) atoms. The Balaban J connectivity index is 1.92. The van der Waals surface area contributed by atoms with Crippen molar-refractivity contribution >= 4 is 0 Å². The summed E-state index contributed by atoms with van der Waals surface area (Å²) in [5.41, 5.74) is 13.6. The lowest BCUT2D eigenvalue weighted by molar-refractivity contribution is 0.758. The fourth-order valence-corrected chi connectivity index (χ4v) is 5.84. The molecule has 0 spiro atoms. The number of hydrogen-bond acceptors (Lipinski definition) is 0. The third-order valence-corrected chi connectivity index (χ3v) is 7.25. The van der Waals surface area contributed by atoms with E-state index >= 15 is 0 Å². The van der Waals surface area contributed by atoms with Gasteiger partial charge in [-0.25, -0.2) is 0 Å². The monoisotopic (exact) mass is 430 g/mol. The first-order valence-corrected chi connectivity index (χ1v) is 12.5. The van der Waals surface area contributed by atoms with Gasteiger partial charge in [-0.05, 0) is 71.2 Å². The first kappa shape index (κ1) is 21.7. The quantitative estimate of drug-likeness (QED) is 0.253. The number of benzene rings is 4. The first-order chi connectivity index (χ1) is 16.1. The van der Waals surface area contributed by atoms with E-state index in [1.54, 1.807) is 0 Å². The van der Waals surface area contributed by atoms with E-state index in [9.17, 15) is 0 Å². The number of aryl methyl sites for hydroxylation is 4. The van der Waals surface area contributed by atoms with Crippen molar-refractivity contribution < 1.29 is 0 Å².